The molecule has 0 bridgehead atoms. The molecule has 32 heavy (non-hydrogen) atoms. The van der Waals surface area contributed by atoms with Gasteiger partial charge in [-0.15, -0.1) is 20.4 Å². The molecule has 1 aromatic heterocycles. The summed E-state index contributed by atoms with van der Waals surface area (Å²) in [4.78, 5) is 12.5. The molecule has 168 valence electrons. The van der Waals surface area contributed by atoms with Crippen LogP contribution >= 0.6 is 0 Å². The molecule has 0 aliphatic heterocycles. The first-order valence-electron chi connectivity index (χ1n) is 10.4. The van der Waals surface area contributed by atoms with Crippen LogP contribution in [0, 0.1) is 0 Å². The third-order valence-corrected chi connectivity index (χ3v) is 4.08. The first kappa shape index (κ1) is 23.1. The molecule has 1 unspecified atom stereocenters. The zero-order chi connectivity index (χ0) is 23.4. The fourth-order valence-electron chi connectivity index (χ4n) is 2.86. The summed E-state index contributed by atoms with van der Waals surface area (Å²) in [5.41, 5.74) is 0.584. The van der Waals surface area contributed by atoms with Crippen molar-refractivity contribution in [1.29, 1.82) is 0 Å². The summed E-state index contributed by atoms with van der Waals surface area (Å²) in [5, 5.41) is 19.7. The maximum Gasteiger partial charge on any atom is 0.408 e. The lowest BCUT2D eigenvalue weighted by Crippen LogP contribution is -2.36. The lowest BCUT2D eigenvalue weighted by molar-refractivity contribution is 0.0510. The van der Waals surface area contributed by atoms with Gasteiger partial charge in [-0.3, -0.25) is 0 Å². The summed E-state index contributed by atoms with van der Waals surface area (Å²) < 4.78 is 11.3. The Hall–Kier alpha value is -3.55. The zero-order valence-electron chi connectivity index (χ0n) is 19.3. The van der Waals surface area contributed by atoms with Crippen molar-refractivity contribution >= 4 is 6.09 Å². The topological polar surface area (TPSA) is 99.1 Å². The normalized spacial score (nSPS) is 12.7. The van der Waals surface area contributed by atoms with E-state index in [0.29, 0.717) is 11.6 Å². The van der Waals surface area contributed by atoms with Crippen LogP contribution < -0.4 is 10.1 Å². The minimum Gasteiger partial charge on any atom is -0.488 e. The van der Waals surface area contributed by atoms with E-state index in [2.05, 4.69) is 25.7 Å². The molecule has 1 heterocycles. The SMILES string of the molecule is CC(C)(C)OC(=O)NC(c1ccc(OC(C)(C)C)cc1)c1nnc(-c2ccccc2)nn1. The van der Waals surface area contributed by atoms with E-state index in [9.17, 15) is 4.79 Å². The van der Waals surface area contributed by atoms with E-state index in [1.54, 1.807) is 20.8 Å². The van der Waals surface area contributed by atoms with Gasteiger partial charge < -0.3 is 14.8 Å². The fraction of sp³-hybridized carbons (Fsp3) is 0.375. The number of amides is 1. The highest BCUT2D eigenvalue weighted by Gasteiger charge is 2.25. The Morgan fingerprint density at radius 3 is 1.94 bits per heavy atom. The second-order valence-electron chi connectivity index (χ2n) is 9.31. The van der Waals surface area contributed by atoms with Crippen molar-refractivity contribution in [3.63, 3.8) is 0 Å². The van der Waals surface area contributed by atoms with Crippen LogP contribution in [0.1, 0.15) is 59.0 Å². The van der Waals surface area contributed by atoms with Crippen LogP contribution in [0.15, 0.2) is 54.6 Å². The average molecular weight is 436 g/mol. The second-order valence-corrected chi connectivity index (χ2v) is 9.31. The van der Waals surface area contributed by atoms with E-state index in [1.807, 2.05) is 75.4 Å². The van der Waals surface area contributed by atoms with Gasteiger partial charge in [-0.1, -0.05) is 42.5 Å². The number of hydrogen-bond donors (Lipinski definition) is 1. The summed E-state index contributed by atoms with van der Waals surface area (Å²) in [7, 11) is 0. The van der Waals surface area contributed by atoms with Crippen LogP contribution in [0.3, 0.4) is 0 Å². The third-order valence-electron chi connectivity index (χ3n) is 4.08. The number of nitrogens with one attached hydrogen (secondary N) is 1. The predicted octanol–water partition coefficient (Wildman–Crippen LogP) is 4.73. The summed E-state index contributed by atoms with van der Waals surface area (Å²) in [6, 6.07) is 16.1. The highest BCUT2D eigenvalue weighted by molar-refractivity contribution is 5.69. The molecule has 0 aliphatic carbocycles. The molecule has 8 nitrogen and oxygen atoms in total. The van der Waals surface area contributed by atoms with Crippen molar-refractivity contribution in [2.45, 2.75) is 58.8 Å². The maximum atomic E-state index is 12.5. The molecule has 3 rings (SSSR count). The highest BCUT2D eigenvalue weighted by Crippen LogP contribution is 2.25. The van der Waals surface area contributed by atoms with E-state index >= 15 is 0 Å². The molecule has 0 saturated heterocycles. The van der Waals surface area contributed by atoms with E-state index in [0.717, 1.165) is 11.1 Å². The Bertz CT molecular complexity index is 1020. The summed E-state index contributed by atoms with van der Waals surface area (Å²) in [6.07, 6.45) is -0.590. The smallest absolute Gasteiger partial charge is 0.408 e. The molecular weight excluding hydrogens is 406 g/mol. The first-order valence-corrected chi connectivity index (χ1v) is 10.4. The monoisotopic (exact) mass is 435 g/mol. The number of hydrogen-bond acceptors (Lipinski definition) is 7. The number of carbonyl (C=O) groups is 1. The number of benzene rings is 2. The minimum absolute atomic E-state index is 0.250. The first-order chi connectivity index (χ1) is 15.0. The molecule has 8 heteroatoms. The molecular formula is C24H29N5O3. The third kappa shape index (κ3) is 6.73. The minimum atomic E-state index is -0.696. The quantitative estimate of drug-likeness (QED) is 0.619. The number of rotatable bonds is 5. The molecule has 3 aromatic rings. The van der Waals surface area contributed by atoms with Crippen LogP contribution in [-0.2, 0) is 4.74 Å². The summed E-state index contributed by atoms with van der Waals surface area (Å²) in [6.45, 7) is 11.3. The summed E-state index contributed by atoms with van der Waals surface area (Å²) in [5.74, 6) is 1.37. The number of nitrogens with zero attached hydrogens (tertiary/aromatic N) is 4. The van der Waals surface area contributed by atoms with Crippen molar-refractivity contribution in [2.75, 3.05) is 0 Å². The van der Waals surface area contributed by atoms with Crippen LogP contribution in [0.25, 0.3) is 11.4 Å². The second kappa shape index (κ2) is 9.30. The van der Waals surface area contributed by atoms with Crippen LogP contribution in [0.4, 0.5) is 4.79 Å². The molecule has 0 spiro atoms. The van der Waals surface area contributed by atoms with Gasteiger partial charge in [0.15, 0.2) is 5.82 Å². The lowest BCUT2D eigenvalue weighted by Gasteiger charge is -2.24. The molecule has 0 fully saturated rings. The van der Waals surface area contributed by atoms with Gasteiger partial charge in [0, 0.05) is 5.56 Å². The van der Waals surface area contributed by atoms with Gasteiger partial charge in [0.25, 0.3) is 0 Å². The van der Waals surface area contributed by atoms with Crippen molar-refractivity contribution in [3.8, 4) is 17.1 Å². The van der Waals surface area contributed by atoms with Gasteiger partial charge in [0.05, 0.1) is 0 Å². The van der Waals surface area contributed by atoms with Crippen molar-refractivity contribution in [1.82, 2.24) is 25.7 Å². The van der Waals surface area contributed by atoms with Gasteiger partial charge in [-0.25, -0.2) is 4.79 Å². The van der Waals surface area contributed by atoms with E-state index < -0.39 is 17.7 Å². The Morgan fingerprint density at radius 2 is 1.41 bits per heavy atom. The van der Waals surface area contributed by atoms with E-state index in [4.69, 9.17) is 9.47 Å². The van der Waals surface area contributed by atoms with Crippen molar-refractivity contribution in [3.05, 3.63) is 66.0 Å². The van der Waals surface area contributed by atoms with Crippen LogP contribution in [0.2, 0.25) is 0 Å². The summed E-state index contributed by atoms with van der Waals surface area (Å²) >= 11 is 0. The Morgan fingerprint density at radius 1 is 0.812 bits per heavy atom. The van der Waals surface area contributed by atoms with Gasteiger partial charge in [-0.05, 0) is 59.2 Å². The standard InChI is InChI=1S/C24H29N5O3/c1-23(2,3)31-18-14-12-16(13-15-18)19(25-22(30)32-24(4,5)6)21-28-26-20(27-29-21)17-10-8-7-9-11-17/h7-15,19H,1-6H3,(H,25,30). The van der Waals surface area contributed by atoms with Gasteiger partial charge >= 0.3 is 6.09 Å². The number of aromatic nitrogens is 4. The fourth-order valence-corrected chi connectivity index (χ4v) is 2.86. The Labute approximate surface area is 188 Å². The molecule has 1 atom stereocenters. The van der Waals surface area contributed by atoms with Gasteiger partial charge in [0.2, 0.25) is 5.82 Å². The molecule has 1 N–H and O–H groups in total. The molecule has 2 aromatic carbocycles. The lowest BCUT2D eigenvalue weighted by atomic mass is 10.1. The zero-order valence-corrected chi connectivity index (χ0v) is 19.3. The number of ether oxygens (including phenoxy) is 2. The van der Waals surface area contributed by atoms with E-state index in [1.165, 1.54) is 0 Å². The molecule has 0 aliphatic rings. The van der Waals surface area contributed by atoms with Crippen molar-refractivity contribution < 1.29 is 14.3 Å². The molecule has 0 radical (unpaired) electrons. The maximum absolute atomic E-state index is 12.5. The average Bonchev–Trinajstić information content (AvgIpc) is 2.71. The Kier molecular flexibility index (Phi) is 6.72. The van der Waals surface area contributed by atoms with Crippen LogP contribution in [-0.4, -0.2) is 37.7 Å². The Balaban J connectivity index is 1.89. The molecule has 0 saturated carbocycles. The van der Waals surface area contributed by atoms with E-state index in [-0.39, 0.29) is 11.4 Å². The molecule has 1 amide bonds. The van der Waals surface area contributed by atoms with Gasteiger partial charge in [0.1, 0.15) is 23.0 Å². The number of carbonyl (C=O) groups excluding carboxylic acids is 1. The van der Waals surface area contributed by atoms with Crippen LogP contribution in [0.5, 0.6) is 5.75 Å². The largest absolute Gasteiger partial charge is 0.488 e. The number of alkyl carbamates (subject to hydrolysis) is 1. The van der Waals surface area contributed by atoms with Crippen molar-refractivity contribution in [2.24, 2.45) is 0 Å². The van der Waals surface area contributed by atoms with Gasteiger partial charge in [-0.2, -0.15) is 0 Å². The highest BCUT2D eigenvalue weighted by atomic mass is 16.6. The predicted molar refractivity (Wildman–Crippen MR) is 121 cm³/mol.